The van der Waals surface area contributed by atoms with Gasteiger partial charge in [0.2, 0.25) is 0 Å². The van der Waals surface area contributed by atoms with Gasteiger partial charge in [0, 0.05) is 5.57 Å². The number of hydrogen-bond donors (Lipinski definition) is 1. The molecule has 0 heterocycles. The standard InChI is InChI=1S/C7H9NO2/c1-5(4-8)3-6(2)7(9)10/h3,5H,1-2H3,(H,9,10). The monoisotopic (exact) mass is 139 g/mol. The summed E-state index contributed by atoms with van der Waals surface area (Å²) < 4.78 is 0. The largest absolute Gasteiger partial charge is 0.478 e. The van der Waals surface area contributed by atoms with Crippen molar-refractivity contribution in [2.45, 2.75) is 13.8 Å². The van der Waals surface area contributed by atoms with Crippen molar-refractivity contribution in [2.24, 2.45) is 5.92 Å². The van der Waals surface area contributed by atoms with Crippen LogP contribution < -0.4 is 0 Å². The van der Waals surface area contributed by atoms with E-state index in [0.717, 1.165) is 0 Å². The third-order valence-electron chi connectivity index (χ3n) is 1.04. The van der Waals surface area contributed by atoms with Gasteiger partial charge in [0.1, 0.15) is 0 Å². The summed E-state index contributed by atoms with van der Waals surface area (Å²) in [4.78, 5) is 10.2. The van der Waals surface area contributed by atoms with Crippen LogP contribution in [-0.4, -0.2) is 11.1 Å². The zero-order valence-electron chi connectivity index (χ0n) is 5.96. The first-order valence-electron chi connectivity index (χ1n) is 2.89. The molecule has 0 aromatic heterocycles. The normalized spacial score (nSPS) is 13.9. The molecular weight excluding hydrogens is 130 g/mol. The summed E-state index contributed by atoms with van der Waals surface area (Å²) >= 11 is 0. The molecule has 10 heavy (non-hydrogen) atoms. The third kappa shape index (κ3) is 2.88. The molecule has 54 valence electrons. The molecule has 3 heteroatoms. The van der Waals surface area contributed by atoms with Crippen LogP contribution in [0.1, 0.15) is 13.8 Å². The Hall–Kier alpha value is -1.30. The predicted octanol–water partition coefficient (Wildman–Crippen LogP) is 1.18. The van der Waals surface area contributed by atoms with Crippen LogP contribution in [0.4, 0.5) is 0 Å². The Kier molecular flexibility index (Phi) is 3.20. The topological polar surface area (TPSA) is 61.1 Å². The van der Waals surface area contributed by atoms with Crippen molar-refractivity contribution in [2.75, 3.05) is 0 Å². The quantitative estimate of drug-likeness (QED) is 0.584. The molecule has 0 radical (unpaired) electrons. The van der Waals surface area contributed by atoms with Crippen molar-refractivity contribution >= 4 is 5.97 Å². The van der Waals surface area contributed by atoms with Gasteiger partial charge in [0.15, 0.2) is 0 Å². The number of nitrogens with zero attached hydrogens (tertiary/aromatic N) is 1. The van der Waals surface area contributed by atoms with Crippen molar-refractivity contribution in [3.05, 3.63) is 11.6 Å². The van der Waals surface area contributed by atoms with Crippen LogP contribution in [0.3, 0.4) is 0 Å². The van der Waals surface area contributed by atoms with Crippen LogP contribution in [0.5, 0.6) is 0 Å². The highest BCUT2D eigenvalue weighted by Gasteiger charge is 2.01. The predicted molar refractivity (Wildman–Crippen MR) is 36.2 cm³/mol. The number of carbonyl (C=O) groups is 1. The Morgan fingerprint density at radius 1 is 1.80 bits per heavy atom. The third-order valence-corrected chi connectivity index (χ3v) is 1.04. The summed E-state index contributed by atoms with van der Waals surface area (Å²) in [5.74, 6) is -1.29. The average molecular weight is 139 g/mol. The Labute approximate surface area is 59.6 Å². The molecule has 0 rings (SSSR count). The molecule has 0 aromatic rings. The Morgan fingerprint density at radius 3 is 2.60 bits per heavy atom. The van der Waals surface area contributed by atoms with E-state index < -0.39 is 5.97 Å². The van der Waals surface area contributed by atoms with Crippen molar-refractivity contribution in [3.63, 3.8) is 0 Å². The maximum atomic E-state index is 10.2. The van der Waals surface area contributed by atoms with Crippen molar-refractivity contribution in [1.82, 2.24) is 0 Å². The van der Waals surface area contributed by atoms with Crippen LogP contribution in [0.15, 0.2) is 11.6 Å². The van der Waals surface area contributed by atoms with Crippen molar-refractivity contribution in [1.29, 1.82) is 5.26 Å². The van der Waals surface area contributed by atoms with Gasteiger partial charge in [-0.05, 0) is 13.8 Å². The molecule has 3 nitrogen and oxygen atoms in total. The van der Waals surface area contributed by atoms with Crippen molar-refractivity contribution < 1.29 is 9.90 Å². The number of carboxylic acids is 1. The summed E-state index contributed by atoms with van der Waals surface area (Å²) in [5, 5.41) is 16.6. The zero-order valence-corrected chi connectivity index (χ0v) is 5.96. The summed E-state index contributed by atoms with van der Waals surface area (Å²) in [5.41, 5.74) is 0.217. The van der Waals surface area contributed by atoms with E-state index in [0.29, 0.717) is 0 Å². The van der Waals surface area contributed by atoms with Crippen LogP contribution in [-0.2, 0) is 4.79 Å². The number of nitriles is 1. The number of carboxylic acid groups (broad SMARTS) is 1. The van der Waals surface area contributed by atoms with Gasteiger partial charge in [-0.25, -0.2) is 4.79 Å². The van der Waals surface area contributed by atoms with E-state index in [-0.39, 0.29) is 11.5 Å². The number of aliphatic carboxylic acids is 1. The lowest BCUT2D eigenvalue weighted by Gasteiger charge is -1.93. The van der Waals surface area contributed by atoms with Gasteiger partial charge >= 0.3 is 5.97 Å². The van der Waals surface area contributed by atoms with Gasteiger partial charge in [-0.1, -0.05) is 6.08 Å². The van der Waals surface area contributed by atoms with E-state index in [1.165, 1.54) is 13.0 Å². The van der Waals surface area contributed by atoms with E-state index in [2.05, 4.69) is 0 Å². The molecule has 0 aliphatic carbocycles. The fourth-order valence-electron chi connectivity index (χ4n) is 0.484. The van der Waals surface area contributed by atoms with E-state index >= 15 is 0 Å². The first kappa shape index (κ1) is 8.70. The molecule has 0 bridgehead atoms. The van der Waals surface area contributed by atoms with Gasteiger partial charge in [-0.3, -0.25) is 0 Å². The van der Waals surface area contributed by atoms with Crippen LogP contribution in [0.25, 0.3) is 0 Å². The lowest BCUT2D eigenvalue weighted by atomic mass is 10.1. The second-order valence-electron chi connectivity index (χ2n) is 2.07. The highest BCUT2D eigenvalue weighted by molar-refractivity contribution is 5.85. The van der Waals surface area contributed by atoms with Gasteiger partial charge in [-0.15, -0.1) is 0 Å². The second-order valence-corrected chi connectivity index (χ2v) is 2.07. The van der Waals surface area contributed by atoms with Gasteiger partial charge < -0.3 is 5.11 Å². The minimum Gasteiger partial charge on any atom is -0.478 e. The highest BCUT2D eigenvalue weighted by Crippen LogP contribution is 2.00. The number of allylic oxidation sites excluding steroid dienone is 1. The number of rotatable bonds is 2. The first-order valence-corrected chi connectivity index (χ1v) is 2.89. The fourth-order valence-corrected chi connectivity index (χ4v) is 0.484. The maximum absolute atomic E-state index is 10.2. The molecule has 0 aromatic carbocycles. The molecule has 0 saturated heterocycles. The fraction of sp³-hybridized carbons (Fsp3) is 0.429. The zero-order chi connectivity index (χ0) is 8.15. The summed E-state index contributed by atoms with van der Waals surface area (Å²) in [6, 6.07) is 1.91. The van der Waals surface area contributed by atoms with Crippen LogP contribution >= 0.6 is 0 Å². The van der Waals surface area contributed by atoms with E-state index in [1.807, 2.05) is 6.07 Å². The summed E-state index contributed by atoms with van der Waals surface area (Å²) in [7, 11) is 0. The molecule has 0 spiro atoms. The smallest absolute Gasteiger partial charge is 0.330 e. The van der Waals surface area contributed by atoms with Crippen LogP contribution in [0.2, 0.25) is 0 Å². The molecule has 0 fully saturated rings. The van der Waals surface area contributed by atoms with Gasteiger partial charge in [0.25, 0.3) is 0 Å². The maximum Gasteiger partial charge on any atom is 0.330 e. The summed E-state index contributed by atoms with van der Waals surface area (Å²) in [6.45, 7) is 3.11. The van der Waals surface area contributed by atoms with E-state index in [9.17, 15) is 4.79 Å². The SMILES string of the molecule is CC(=CC(C)C#N)C(=O)O. The second kappa shape index (κ2) is 3.67. The van der Waals surface area contributed by atoms with Crippen molar-refractivity contribution in [3.8, 4) is 6.07 Å². The minimum atomic E-state index is -0.970. The molecule has 0 saturated carbocycles. The average Bonchev–Trinajstić information content (AvgIpc) is 1.87. The van der Waals surface area contributed by atoms with Crippen LogP contribution in [0, 0.1) is 17.2 Å². The van der Waals surface area contributed by atoms with E-state index in [1.54, 1.807) is 6.92 Å². The minimum absolute atomic E-state index is 0.217. The Balaban J connectivity index is 4.20. The Bertz CT molecular complexity index is 200. The first-order chi connectivity index (χ1) is 4.57. The van der Waals surface area contributed by atoms with Gasteiger partial charge in [-0.2, -0.15) is 5.26 Å². The molecule has 0 amide bonds. The molecular formula is C7H9NO2. The van der Waals surface area contributed by atoms with E-state index in [4.69, 9.17) is 10.4 Å². The van der Waals surface area contributed by atoms with Gasteiger partial charge in [0.05, 0.1) is 12.0 Å². The highest BCUT2D eigenvalue weighted by atomic mass is 16.4. The molecule has 1 atom stereocenters. The lowest BCUT2D eigenvalue weighted by molar-refractivity contribution is -0.132. The molecule has 0 aliphatic heterocycles. The molecule has 0 aliphatic rings. The molecule has 1 N–H and O–H groups in total. The number of hydrogen-bond acceptors (Lipinski definition) is 2. The lowest BCUT2D eigenvalue weighted by Crippen LogP contribution is -1.98. The summed E-state index contributed by atoms with van der Waals surface area (Å²) in [6.07, 6.45) is 1.42. The molecule has 1 unspecified atom stereocenters. The Morgan fingerprint density at radius 2 is 2.30 bits per heavy atom.